The monoisotopic (exact) mass is 414 g/mol. The Morgan fingerprint density at radius 1 is 1.23 bits per heavy atom. The highest BCUT2D eigenvalue weighted by Crippen LogP contribution is 2.64. The van der Waals surface area contributed by atoms with Crippen LogP contribution >= 0.6 is 0 Å². The van der Waals surface area contributed by atoms with E-state index in [-0.39, 0.29) is 5.75 Å². The number of aliphatic hydroxyl groups excluding tert-OH is 1. The smallest absolute Gasteiger partial charge is 0.331 e. The van der Waals surface area contributed by atoms with Crippen molar-refractivity contribution in [1.29, 1.82) is 0 Å². The van der Waals surface area contributed by atoms with Crippen molar-refractivity contribution in [2.24, 2.45) is 16.7 Å². The Labute approximate surface area is 176 Å². The summed E-state index contributed by atoms with van der Waals surface area (Å²) in [6.45, 7) is 6.33. The maximum absolute atomic E-state index is 12.7. The molecule has 6 heteroatoms. The normalized spacial score (nSPS) is 37.4. The van der Waals surface area contributed by atoms with Gasteiger partial charge in [-0.15, -0.1) is 0 Å². The van der Waals surface area contributed by atoms with E-state index in [1.165, 1.54) is 6.08 Å². The summed E-state index contributed by atoms with van der Waals surface area (Å²) in [5.74, 6) is -0.763. The molecule has 0 aromatic heterocycles. The van der Waals surface area contributed by atoms with Crippen LogP contribution in [-0.4, -0.2) is 45.9 Å². The molecule has 3 aliphatic rings. The Morgan fingerprint density at radius 2 is 1.93 bits per heavy atom. The molecule has 1 aromatic carbocycles. The molecule has 1 saturated carbocycles. The summed E-state index contributed by atoms with van der Waals surface area (Å²) in [4.78, 5) is 12.7. The molecule has 0 bridgehead atoms. The quantitative estimate of drug-likeness (QED) is 0.399. The Kier molecular flexibility index (Phi) is 5.08. The summed E-state index contributed by atoms with van der Waals surface area (Å²) < 4.78 is 11.4. The molecule has 1 aliphatic heterocycles. The van der Waals surface area contributed by atoms with E-state index in [9.17, 15) is 20.1 Å². The van der Waals surface area contributed by atoms with Gasteiger partial charge in [0, 0.05) is 17.4 Å². The first kappa shape index (κ1) is 21.1. The van der Waals surface area contributed by atoms with Crippen LogP contribution in [-0.2, 0) is 14.3 Å². The van der Waals surface area contributed by atoms with Crippen molar-refractivity contribution in [3.63, 3.8) is 0 Å². The van der Waals surface area contributed by atoms with Gasteiger partial charge in [0.1, 0.15) is 11.9 Å². The van der Waals surface area contributed by atoms with Crippen LogP contribution in [0.3, 0.4) is 0 Å². The fourth-order valence-corrected chi connectivity index (χ4v) is 5.76. The minimum atomic E-state index is -1.15. The third kappa shape index (κ3) is 3.09. The van der Waals surface area contributed by atoms with Gasteiger partial charge < -0.3 is 24.8 Å². The average Bonchev–Trinajstić information content (AvgIpc) is 3.08. The van der Waals surface area contributed by atoms with E-state index in [0.29, 0.717) is 25.9 Å². The van der Waals surface area contributed by atoms with E-state index in [4.69, 9.17) is 9.47 Å². The van der Waals surface area contributed by atoms with Crippen LogP contribution in [0.25, 0.3) is 6.08 Å². The van der Waals surface area contributed by atoms with Crippen molar-refractivity contribution < 1.29 is 29.6 Å². The number of hydrogen-bond donors (Lipinski definition) is 3. The highest BCUT2D eigenvalue weighted by molar-refractivity contribution is 5.87. The van der Waals surface area contributed by atoms with Gasteiger partial charge in [0.25, 0.3) is 0 Å². The second kappa shape index (κ2) is 7.22. The first-order chi connectivity index (χ1) is 14.1. The van der Waals surface area contributed by atoms with Gasteiger partial charge in [-0.25, -0.2) is 4.79 Å². The molecule has 1 aromatic rings. The zero-order valence-corrected chi connectivity index (χ0v) is 17.7. The second-order valence-corrected chi connectivity index (χ2v) is 9.58. The number of carbonyl (C=O) groups is 1. The van der Waals surface area contributed by atoms with E-state index in [1.807, 2.05) is 26.8 Å². The summed E-state index contributed by atoms with van der Waals surface area (Å²) in [5, 5.41) is 31.9. The molecule has 2 aliphatic carbocycles. The van der Waals surface area contributed by atoms with Gasteiger partial charge in [-0.1, -0.05) is 39.0 Å². The predicted molar refractivity (Wildman–Crippen MR) is 111 cm³/mol. The number of fused-ring (bicyclic) bond motifs is 3. The molecule has 0 spiro atoms. The summed E-state index contributed by atoms with van der Waals surface area (Å²) in [6, 6.07) is 6.50. The van der Waals surface area contributed by atoms with Crippen LogP contribution in [0.2, 0.25) is 0 Å². The van der Waals surface area contributed by atoms with Gasteiger partial charge in [-0.2, -0.15) is 0 Å². The van der Waals surface area contributed by atoms with E-state index in [2.05, 4.69) is 0 Å². The molecule has 5 atom stereocenters. The molecule has 3 N–H and O–H groups in total. The number of rotatable bonds is 3. The van der Waals surface area contributed by atoms with Crippen LogP contribution in [0.15, 0.2) is 42.0 Å². The first-order valence-corrected chi connectivity index (χ1v) is 10.5. The zero-order valence-electron chi connectivity index (χ0n) is 17.7. The summed E-state index contributed by atoms with van der Waals surface area (Å²) in [7, 11) is 0. The molecule has 0 radical (unpaired) electrons. The predicted octanol–water partition coefficient (Wildman–Crippen LogP) is 3.17. The number of hydrogen-bond acceptors (Lipinski definition) is 6. The van der Waals surface area contributed by atoms with Crippen LogP contribution in [0.4, 0.5) is 0 Å². The van der Waals surface area contributed by atoms with Gasteiger partial charge in [0.05, 0.1) is 12.2 Å². The molecule has 2 fully saturated rings. The van der Waals surface area contributed by atoms with Crippen molar-refractivity contribution in [2.75, 3.05) is 6.61 Å². The maximum Gasteiger partial charge on any atom is 0.331 e. The molecule has 5 unspecified atom stereocenters. The Morgan fingerprint density at radius 3 is 2.63 bits per heavy atom. The number of phenols is 1. The molecule has 30 heavy (non-hydrogen) atoms. The number of phenolic OH excluding ortho intramolecular Hbond substituents is 1. The van der Waals surface area contributed by atoms with Gasteiger partial charge >= 0.3 is 5.97 Å². The van der Waals surface area contributed by atoms with Gasteiger partial charge in [0.2, 0.25) is 0 Å². The van der Waals surface area contributed by atoms with Gasteiger partial charge in [0.15, 0.2) is 6.29 Å². The summed E-state index contributed by atoms with van der Waals surface area (Å²) in [5.41, 5.74) is -0.701. The molecular weight excluding hydrogens is 384 g/mol. The lowest BCUT2D eigenvalue weighted by Crippen LogP contribution is -2.69. The van der Waals surface area contributed by atoms with E-state index >= 15 is 0 Å². The highest BCUT2D eigenvalue weighted by Gasteiger charge is 2.69. The molecule has 0 amide bonds. The van der Waals surface area contributed by atoms with Crippen molar-refractivity contribution in [3.8, 4) is 5.75 Å². The Bertz CT molecular complexity index is 885. The second-order valence-electron chi connectivity index (χ2n) is 9.58. The molecule has 1 saturated heterocycles. The number of carbonyl (C=O) groups excluding carboxylic acids is 1. The third-order valence-electron chi connectivity index (χ3n) is 7.69. The molecule has 1 heterocycles. The Hall–Kier alpha value is -2.15. The van der Waals surface area contributed by atoms with Crippen molar-refractivity contribution in [1.82, 2.24) is 0 Å². The Balaban J connectivity index is 1.62. The van der Waals surface area contributed by atoms with Crippen molar-refractivity contribution >= 4 is 12.0 Å². The number of esters is 1. The molecular formula is C24H30O6. The summed E-state index contributed by atoms with van der Waals surface area (Å²) in [6.07, 6.45) is 5.12. The van der Waals surface area contributed by atoms with Crippen LogP contribution in [0.1, 0.15) is 45.6 Å². The largest absolute Gasteiger partial charge is 0.508 e. The summed E-state index contributed by atoms with van der Waals surface area (Å²) >= 11 is 0. The number of benzene rings is 1. The standard InChI is InChI=1S/C24H30O6/c1-22(2)12-11-18(30-19(26)9-6-15-4-7-17(25)8-5-15)23(3)20-16(14-29-21(20)27)10-13-24(22,23)28/h4-10,18,20-21,25,27-28H,11-14H2,1-3H3/b9-6+. The van der Waals surface area contributed by atoms with Crippen molar-refractivity contribution in [3.05, 3.63) is 47.6 Å². The van der Waals surface area contributed by atoms with Crippen LogP contribution in [0, 0.1) is 16.7 Å². The first-order valence-electron chi connectivity index (χ1n) is 10.5. The average molecular weight is 414 g/mol. The lowest BCUT2D eigenvalue weighted by atomic mass is 9.45. The minimum absolute atomic E-state index is 0.158. The lowest BCUT2D eigenvalue weighted by molar-refractivity contribution is -0.267. The maximum atomic E-state index is 12.7. The highest BCUT2D eigenvalue weighted by atomic mass is 16.6. The zero-order chi connectivity index (χ0) is 21.7. The fraction of sp³-hybridized carbons (Fsp3) is 0.542. The van der Waals surface area contributed by atoms with Gasteiger partial charge in [-0.3, -0.25) is 0 Å². The van der Waals surface area contributed by atoms with E-state index in [0.717, 1.165) is 11.1 Å². The van der Waals surface area contributed by atoms with Crippen LogP contribution in [0.5, 0.6) is 5.75 Å². The molecule has 6 nitrogen and oxygen atoms in total. The van der Waals surface area contributed by atoms with E-state index in [1.54, 1.807) is 30.3 Å². The van der Waals surface area contributed by atoms with Gasteiger partial charge in [-0.05, 0) is 54.0 Å². The van der Waals surface area contributed by atoms with Crippen LogP contribution < -0.4 is 0 Å². The SMILES string of the molecule is CC1(C)CCC(OC(=O)/C=C/c2ccc(O)cc2)C2(C)C3C(=CCC12O)COC3O. The topological polar surface area (TPSA) is 96.2 Å². The molecule has 162 valence electrons. The molecule has 4 rings (SSSR count). The lowest BCUT2D eigenvalue weighted by Gasteiger charge is -2.63. The minimum Gasteiger partial charge on any atom is -0.508 e. The van der Waals surface area contributed by atoms with Crippen molar-refractivity contribution in [2.45, 2.75) is 58.0 Å². The third-order valence-corrected chi connectivity index (χ3v) is 7.69. The number of aliphatic hydroxyl groups is 2. The number of aromatic hydroxyl groups is 1. The fourth-order valence-electron chi connectivity index (χ4n) is 5.76. The number of ether oxygens (including phenoxy) is 2. The van der Waals surface area contributed by atoms with E-state index < -0.39 is 40.7 Å².